The minimum Gasteiger partial charge on any atom is -0.330 e. The SMILES string of the molecule is Cc1cc(C(F)(F)F)ncc1N1C[C@]2(CC[C@](c3cccc(F)c3)(N(C)C)CC2)NC1=O. The molecule has 1 aliphatic heterocycles. The lowest BCUT2D eigenvalue weighted by molar-refractivity contribution is -0.141. The van der Waals surface area contributed by atoms with E-state index in [0.29, 0.717) is 43.5 Å². The van der Waals surface area contributed by atoms with Crippen molar-refractivity contribution >= 4 is 11.7 Å². The predicted molar refractivity (Wildman–Crippen MR) is 113 cm³/mol. The molecule has 0 unspecified atom stereocenters. The first-order chi connectivity index (χ1) is 15.0. The van der Waals surface area contributed by atoms with Gasteiger partial charge in [0.1, 0.15) is 11.5 Å². The van der Waals surface area contributed by atoms with Gasteiger partial charge in [-0.05, 0) is 76.0 Å². The average molecular weight is 450 g/mol. The van der Waals surface area contributed by atoms with Gasteiger partial charge in [-0.25, -0.2) is 14.2 Å². The molecule has 1 aliphatic carbocycles. The number of urea groups is 1. The molecular formula is C23H26F4N4O. The summed E-state index contributed by atoms with van der Waals surface area (Å²) in [7, 11) is 3.94. The van der Waals surface area contributed by atoms with Gasteiger partial charge in [0.25, 0.3) is 0 Å². The first-order valence-corrected chi connectivity index (χ1v) is 10.5. The molecule has 1 aromatic heterocycles. The standard InChI is InChI=1S/C23H26F4N4O/c1-15-11-19(23(25,26)27)28-13-18(15)31-14-21(29-20(31)32)7-9-22(10-8-21,30(2)3)16-5-4-6-17(24)12-16/h4-6,11-13H,7-10,14H2,1-3H3,(H,29,32)/t21-,22+. The van der Waals surface area contributed by atoms with E-state index in [-0.39, 0.29) is 17.4 Å². The van der Waals surface area contributed by atoms with Gasteiger partial charge in [-0.1, -0.05) is 12.1 Å². The van der Waals surface area contributed by atoms with Crippen molar-refractivity contribution < 1.29 is 22.4 Å². The minimum atomic E-state index is -4.53. The van der Waals surface area contributed by atoms with Crippen molar-refractivity contribution in [3.63, 3.8) is 0 Å². The van der Waals surface area contributed by atoms with Crippen molar-refractivity contribution in [3.8, 4) is 0 Å². The number of carbonyl (C=O) groups is 1. The smallest absolute Gasteiger partial charge is 0.330 e. The van der Waals surface area contributed by atoms with E-state index in [4.69, 9.17) is 0 Å². The number of aryl methyl sites for hydroxylation is 1. The maximum atomic E-state index is 13.9. The molecular weight excluding hydrogens is 424 g/mol. The largest absolute Gasteiger partial charge is 0.433 e. The molecule has 2 fully saturated rings. The molecule has 1 saturated heterocycles. The van der Waals surface area contributed by atoms with Crippen molar-refractivity contribution in [2.24, 2.45) is 0 Å². The minimum absolute atomic E-state index is 0.283. The summed E-state index contributed by atoms with van der Waals surface area (Å²) in [4.78, 5) is 19.9. The Morgan fingerprint density at radius 3 is 2.38 bits per heavy atom. The Morgan fingerprint density at radius 2 is 1.81 bits per heavy atom. The molecule has 2 aliphatic rings. The van der Waals surface area contributed by atoms with Crippen LogP contribution in [-0.4, -0.2) is 42.1 Å². The number of amides is 2. The van der Waals surface area contributed by atoms with Gasteiger partial charge in [0, 0.05) is 5.54 Å². The van der Waals surface area contributed by atoms with Crippen LogP contribution in [0.4, 0.5) is 28.0 Å². The van der Waals surface area contributed by atoms with Crippen LogP contribution < -0.4 is 10.2 Å². The highest BCUT2D eigenvalue weighted by Gasteiger charge is 2.50. The number of hydrogen-bond acceptors (Lipinski definition) is 3. The lowest BCUT2D eigenvalue weighted by Gasteiger charge is -2.48. The summed E-state index contributed by atoms with van der Waals surface area (Å²) < 4.78 is 52.8. The fourth-order valence-corrected chi connectivity index (χ4v) is 5.09. The Bertz CT molecular complexity index is 1030. The third-order valence-electron chi connectivity index (χ3n) is 6.99. The molecule has 2 heterocycles. The van der Waals surface area contributed by atoms with Crippen LogP contribution in [0.1, 0.15) is 42.5 Å². The summed E-state index contributed by atoms with van der Waals surface area (Å²) in [6, 6.07) is 7.26. The number of pyridine rings is 1. The van der Waals surface area contributed by atoms with E-state index in [1.54, 1.807) is 19.1 Å². The van der Waals surface area contributed by atoms with E-state index in [1.807, 2.05) is 20.2 Å². The molecule has 2 amide bonds. The maximum Gasteiger partial charge on any atom is 0.433 e. The fraction of sp³-hybridized carbons (Fsp3) is 0.478. The van der Waals surface area contributed by atoms with Gasteiger partial charge in [-0.2, -0.15) is 13.2 Å². The first-order valence-electron chi connectivity index (χ1n) is 10.5. The van der Waals surface area contributed by atoms with Crippen LogP contribution >= 0.6 is 0 Å². The fourth-order valence-electron chi connectivity index (χ4n) is 5.09. The Kier molecular flexibility index (Phi) is 5.43. The number of aromatic nitrogens is 1. The second-order valence-electron chi connectivity index (χ2n) is 9.09. The van der Waals surface area contributed by atoms with E-state index >= 15 is 0 Å². The van der Waals surface area contributed by atoms with E-state index in [9.17, 15) is 22.4 Å². The highest BCUT2D eigenvalue weighted by atomic mass is 19.4. The van der Waals surface area contributed by atoms with E-state index in [2.05, 4.69) is 15.2 Å². The second-order valence-corrected chi connectivity index (χ2v) is 9.09. The van der Waals surface area contributed by atoms with Crippen LogP contribution in [0.2, 0.25) is 0 Å². The number of halogens is 4. The zero-order valence-electron chi connectivity index (χ0n) is 18.3. The van der Waals surface area contributed by atoms with Gasteiger partial charge >= 0.3 is 12.2 Å². The average Bonchev–Trinajstić information content (AvgIpc) is 3.03. The van der Waals surface area contributed by atoms with E-state index < -0.39 is 17.4 Å². The van der Waals surface area contributed by atoms with Gasteiger partial charge in [-0.15, -0.1) is 0 Å². The van der Waals surface area contributed by atoms with Crippen LogP contribution in [0, 0.1) is 12.7 Å². The highest BCUT2D eigenvalue weighted by molar-refractivity contribution is 5.96. The Balaban J connectivity index is 1.56. The zero-order valence-corrected chi connectivity index (χ0v) is 18.3. The lowest BCUT2D eigenvalue weighted by atomic mass is 9.69. The van der Waals surface area contributed by atoms with Crippen molar-refractivity contribution in [1.82, 2.24) is 15.2 Å². The number of carbonyl (C=O) groups excluding carboxylic acids is 1. The third kappa shape index (κ3) is 3.83. The summed E-state index contributed by atoms with van der Waals surface area (Å²) in [6.45, 7) is 1.90. The van der Waals surface area contributed by atoms with Gasteiger partial charge in [0.05, 0.1) is 24.0 Å². The molecule has 1 N–H and O–H groups in total. The molecule has 5 nitrogen and oxygen atoms in total. The summed E-state index contributed by atoms with van der Waals surface area (Å²) in [5.41, 5.74) is -0.186. The number of anilines is 1. The molecule has 32 heavy (non-hydrogen) atoms. The first kappa shape index (κ1) is 22.5. The van der Waals surface area contributed by atoms with Crippen LogP contribution in [0.25, 0.3) is 0 Å². The summed E-state index contributed by atoms with van der Waals surface area (Å²) in [5.74, 6) is -0.283. The molecule has 9 heteroatoms. The normalized spacial score (nSPS) is 26.1. The summed E-state index contributed by atoms with van der Waals surface area (Å²) in [5, 5.41) is 3.07. The van der Waals surface area contributed by atoms with Crippen LogP contribution in [0.5, 0.6) is 0 Å². The lowest BCUT2D eigenvalue weighted by Crippen LogP contribution is -2.54. The predicted octanol–water partition coefficient (Wildman–Crippen LogP) is 4.85. The summed E-state index contributed by atoms with van der Waals surface area (Å²) >= 11 is 0. The molecule has 1 spiro atoms. The van der Waals surface area contributed by atoms with E-state index in [1.165, 1.54) is 11.0 Å². The number of rotatable bonds is 3. The van der Waals surface area contributed by atoms with Crippen LogP contribution in [0.15, 0.2) is 36.5 Å². The monoisotopic (exact) mass is 450 g/mol. The van der Waals surface area contributed by atoms with E-state index in [0.717, 1.165) is 17.8 Å². The van der Waals surface area contributed by atoms with Crippen molar-refractivity contribution in [2.75, 3.05) is 25.5 Å². The van der Waals surface area contributed by atoms with Gasteiger partial charge in [0.2, 0.25) is 0 Å². The zero-order chi connectivity index (χ0) is 23.3. The molecule has 0 radical (unpaired) electrons. The van der Waals surface area contributed by atoms with Crippen LogP contribution in [0.3, 0.4) is 0 Å². The number of benzene rings is 1. The van der Waals surface area contributed by atoms with Crippen molar-refractivity contribution in [3.05, 3.63) is 59.2 Å². The van der Waals surface area contributed by atoms with Crippen molar-refractivity contribution in [2.45, 2.75) is 49.9 Å². The number of alkyl halides is 3. The Morgan fingerprint density at radius 1 is 1.12 bits per heavy atom. The molecule has 1 aromatic carbocycles. The molecule has 172 valence electrons. The number of nitrogens with one attached hydrogen (secondary N) is 1. The van der Waals surface area contributed by atoms with Gasteiger partial charge in [-0.3, -0.25) is 9.80 Å². The molecule has 0 atom stereocenters. The third-order valence-corrected chi connectivity index (χ3v) is 6.99. The Hall–Kier alpha value is -2.68. The topological polar surface area (TPSA) is 48.5 Å². The number of hydrogen-bond donors (Lipinski definition) is 1. The molecule has 0 bridgehead atoms. The number of nitrogens with zero attached hydrogens (tertiary/aromatic N) is 3. The molecule has 2 aromatic rings. The van der Waals surface area contributed by atoms with Crippen LogP contribution in [-0.2, 0) is 11.7 Å². The summed E-state index contributed by atoms with van der Waals surface area (Å²) in [6.07, 6.45) is -0.665. The highest BCUT2D eigenvalue weighted by Crippen LogP contribution is 2.46. The molecule has 4 rings (SSSR count). The quantitative estimate of drug-likeness (QED) is 0.681. The maximum absolute atomic E-state index is 13.9. The second kappa shape index (κ2) is 7.72. The Labute approximate surface area is 184 Å². The van der Waals surface area contributed by atoms with Gasteiger partial charge in [0.15, 0.2) is 0 Å². The van der Waals surface area contributed by atoms with Crippen molar-refractivity contribution in [1.29, 1.82) is 0 Å². The van der Waals surface area contributed by atoms with Gasteiger partial charge < -0.3 is 5.32 Å². The molecule has 1 saturated carbocycles.